The molecule has 0 saturated heterocycles. The Balaban J connectivity index is 2.52. The van der Waals surface area contributed by atoms with Crippen LogP contribution in [0.25, 0.3) is 10.9 Å². The minimum atomic E-state index is 0.185. The third-order valence-electron chi connectivity index (χ3n) is 2.25. The third-order valence-corrected chi connectivity index (χ3v) is 2.94. The lowest BCUT2D eigenvalue weighted by atomic mass is 10.2. The van der Waals surface area contributed by atoms with Gasteiger partial charge in [0.1, 0.15) is 0 Å². The molecule has 1 unspecified atom stereocenters. The summed E-state index contributed by atoms with van der Waals surface area (Å²) in [7, 11) is 0. The summed E-state index contributed by atoms with van der Waals surface area (Å²) in [6.45, 7) is 2.88. The van der Waals surface area contributed by atoms with Gasteiger partial charge in [-0.1, -0.05) is 22.0 Å². The smallest absolute Gasteiger partial charge is 0.0492 e. The highest BCUT2D eigenvalue weighted by atomic mass is 79.9. The van der Waals surface area contributed by atoms with Gasteiger partial charge in [0.05, 0.1) is 0 Å². The Morgan fingerprint density at radius 1 is 1.43 bits per heavy atom. The second-order valence-electron chi connectivity index (χ2n) is 3.62. The van der Waals surface area contributed by atoms with Gasteiger partial charge >= 0.3 is 0 Å². The van der Waals surface area contributed by atoms with Gasteiger partial charge in [0.2, 0.25) is 0 Å². The van der Waals surface area contributed by atoms with Crippen molar-refractivity contribution < 1.29 is 0 Å². The fourth-order valence-electron chi connectivity index (χ4n) is 1.66. The molecule has 2 N–H and O–H groups in total. The van der Waals surface area contributed by atoms with Crippen LogP contribution in [0.1, 0.15) is 6.92 Å². The van der Waals surface area contributed by atoms with Crippen LogP contribution in [0.4, 0.5) is 0 Å². The number of nitrogens with zero attached hydrogens (tertiary/aromatic N) is 1. The fourth-order valence-corrected chi connectivity index (χ4v) is 2.14. The molecule has 0 bridgehead atoms. The number of nitrogens with two attached hydrogens (primary N) is 1. The van der Waals surface area contributed by atoms with E-state index in [9.17, 15) is 0 Å². The first-order valence-electron chi connectivity index (χ1n) is 4.67. The monoisotopic (exact) mass is 252 g/mol. The van der Waals surface area contributed by atoms with E-state index < -0.39 is 0 Å². The normalized spacial score (nSPS) is 13.4. The van der Waals surface area contributed by atoms with Crippen molar-refractivity contribution in [3.05, 3.63) is 34.9 Å². The van der Waals surface area contributed by atoms with Crippen LogP contribution in [0.3, 0.4) is 0 Å². The van der Waals surface area contributed by atoms with E-state index in [1.807, 2.05) is 13.0 Å². The summed E-state index contributed by atoms with van der Waals surface area (Å²) in [5.74, 6) is 0. The summed E-state index contributed by atoms with van der Waals surface area (Å²) in [5, 5.41) is 1.24. The molecule has 0 amide bonds. The molecule has 2 aromatic rings. The topological polar surface area (TPSA) is 30.9 Å². The zero-order chi connectivity index (χ0) is 10.1. The lowest BCUT2D eigenvalue weighted by molar-refractivity contribution is 0.605. The molecular formula is C11H13BrN2. The molecule has 1 aromatic heterocycles. The van der Waals surface area contributed by atoms with E-state index in [4.69, 9.17) is 5.73 Å². The van der Waals surface area contributed by atoms with Crippen LogP contribution >= 0.6 is 15.9 Å². The van der Waals surface area contributed by atoms with Gasteiger partial charge in [-0.15, -0.1) is 0 Å². The highest BCUT2D eigenvalue weighted by Crippen LogP contribution is 2.24. The average Bonchev–Trinajstić information content (AvgIpc) is 2.49. The number of hydrogen-bond donors (Lipinski definition) is 1. The first-order chi connectivity index (χ1) is 6.68. The van der Waals surface area contributed by atoms with Gasteiger partial charge < -0.3 is 10.3 Å². The summed E-state index contributed by atoms with van der Waals surface area (Å²) in [6, 6.07) is 8.51. The standard InChI is InChI=1S/C11H13BrN2/c1-8(13)7-14-6-5-9-10(12)3-2-4-11(9)14/h2-6,8H,7,13H2,1H3. The van der Waals surface area contributed by atoms with Crippen LogP contribution in [0.15, 0.2) is 34.9 Å². The van der Waals surface area contributed by atoms with E-state index in [0.29, 0.717) is 0 Å². The molecule has 0 spiro atoms. The van der Waals surface area contributed by atoms with Gasteiger partial charge in [-0.05, 0) is 25.1 Å². The average molecular weight is 253 g/mol. The zero-order valence-corrected chi connectivity index (χ0v) is 9.66. The van der Waals surface area contributed by atoms with Gasteiger partial charge in [-0.3, -0.25) is 0 Å². The molecule has 14 heavy (non-hydrogen) atoms. The SMILES string of the molecule is CC(N)Cn1ccc2c(Br)cccc21. The number of aromatic nitrogens is 1. The molecule has 74 valence electrons. The van der Waals surface area contributed by atoms with E-state index in [1.54, 1.807) is 0 Å². The van der Waals surface area contributed by atoms with Crippen LogP contribution < -0.4 is 5.73 Å². The number of fused-ring (bicyclic) bond motifs is 1. The van der Waals surface area contributed by atoms with Gasteiger partial charge in [0.25, 0.3) is 0 Å². The molecule has 0 saturated carbocycles. The van der Waals surface area contributed by atoms with Crippen molar-refractivity contribution >= 4 is 26.8 Å². The van der Waals surface area contributed by atoms with Crippen molar-refractivity contribution in [2.75, 3.05) is 0 Å². The minimum Gasteiger partial charge on any atom is -0.346 e. The van der Waals surface area contributed by atoms with Crippen LogP contribution in [0.5, 0.6) is 0 Å². The molecule has 2 rings (SSSR count). The lowest BCUT2D eigenvalue weighted by Crippen LogP contribution is -2.21. The Kier molecular flexibility index (Phi) is 2.61. The molecule has 1 aromatic carbocycles. The van der Waals surface area contributed by atoms with Crippen molar-refractivity contribution in [3.63, 3.8) is 0 Å². The Morgan fingerprint density at radius 3 is 2.93 bits per heavy atom. The fraction of sp³-hybridized carbons (Fsp3) is 0.273. The Bertz CT molecular complexity index is 445. The summed E-state index contributed by atoms with van der Waals surface area (Å²) >= 11 is 3.53. The predicted molar refractivity (Wildman–Crippen MR) is 63.3 cm³/mol. The largest absolute Gasteiger partial charge is 0.346 e. The Morgan fingerprint density at radius 2 is 2.21 bits per heavy atom. The molecule has 0 aliphatic carbocycles. The summed E-state index contributed by atoms with van der Waals surface area (Å²) in [4.78, 5) is 0. The molecule has 0 aliphatic heterocycles. The van der Waals surface area contributed by atoms with E-state index in [1.165, 1.54) is 10.9 Å². The first-order valence-corrected chi connectivity index (χ1v) is 5.46. The van der Waals surface area contributed by atoms with Crippen LogP contribution in [-0.4, -0.2) is 10.6 Å². The van der Waals surface area contributed by atoms with E-state index in [-0.39, 0.29) is 6.04 Å². The maximum absolute atomic E-state index is 5.78. The van der Waals surface area contributed by atoms with Crippen LogP contribution in [0.2, 0.25) is 0 Å². The third kappa shape index (κ3) is 1.70. The van der Waals surface area contributed by atoms with Crippen molar-refractivity contribution in [1.29, 1.82) is 0 Å². The van der Waals surface area contributed by atoms with Crippen LogP contribution in [-0.2, 0) is 6.54 Å². The highest BCUT2D eigenvalue weighted by molar-refractivity contribution is 9.10. The quantitative estimate of drug-likeness (QED) is 0.876. The molecule has 0 radical (unpaired) electrons. The van der Waals surface area contributed by atoms with E-state index in [2.05, 4.69) is 44.9 Å². The molecule has 0 aliphatic rings. The molecule has 2 nitrogen and oxygen atoms in total. The molecule has 0 fully saturated rings. The number of benzene rings is 1. The summed E-state index contributed by atoms with van der Waals surface area (Å²) in [6.07, 6.45) is 2.08. The van der Waals surface area contributed by atoms with Crippen molar-refractivity contribution in [1.82, 2.24) is 4.57 Å². The number of halogens is 1. The first kappa shape index (κ1) is 9.74. The van der Waals surface area contributed by atoms with Crippen molar-refractivity contribution in [2.45, 2.75) is 19.5 Å². The second-order valence-corrected chi connectivity index (χ2v) is 4.47. The second kappa shape index (κ2) is 3.75. The lowest BCUT2D eigenvalue weighted by Gasteiger charge is -2.08. The molecule has 3 heteroatoms. The maximum atomic E-state index is 5.78. The Hall–Kier alpha value is -0.800. The van der Waals surface area contributed by atoms with Crippen LogP contribution in [0, 0.1) is 0 Å². The Labute approximate surface area is 91.8 Å². The maximum Gasteiger partial charge on any atom is 0.0492 e. The zero-order valence-electron chi connectivity index (χ0n) is 8.07. The molecule has 1 atom stereocenters. The summed E-state index contributed by atoms with van der Waals surface area (Å²) in [5.41, 5.74) is 7.01. The number of hydrogen-bond acceptors (Lipinski definition) is 1. The minimum absolute atomic E-state index is 0.185. The van der Waals surface area contributed by atoms with E-state index >= 15 is 0 Å². The predicted octanol–water partition coefficient (Wildman–Crippen LogP) is 2.75. The highest BCUT2D eigenvalue weighted by Gasteiger charge is 2.04. The van der Waals surface area contributed by atoms with Gasteiger partial charge in [-0.25, -0.2) is 0 Å². The van der Waals surface area contributed by atoms with E-state index in [0.717, 1.165) is 11.0 Å². The number of rotatable bonds is 2. The van der Waals surface area contributed by atoms with Crippen molar-refractivity contribution in [2.24, 2.45) is 5.73 Å². The molecular weight excluding hydrogens is 240 g/mol. The molecule has 1 heterocycles. The van der Waals surface area contributed by atoms with Gasteiger partial charge in [-0.2, -0.15) is 0 Å². The summed E-state index contributed by atoms with van der Waals surface area (Å²) < 4.78 is 3.32. The van der Waals surface area contributed by atoms with Gasteiger partial charge in [0, 0.05) is 34.2 Å². The van der Waals surface area contributed by atoms with Gasteiger partial charge in [0.15, 0.2) is 0 Å². The van der Waals surface area contributed by atoms with Crippen molar-refractivity contribution in [3.8, 4) is 0 Å².